The molecule has 2 nitrogen and oxygen atoms in total. The molecule has 2 unspecified atom stereocenters. The molecule has 22 heavy (non-hydrogen) atoms. The minimum Gasteiger partial charge on any atom is -0.341 e. The van der Waals surface area contributed by atoms with Crippen LogP contribution in [0.4, 0.5) is 0 Å². The van der Waals surface area contributed by atoms with Crippen molar-refractivity contribution in [3.05, 3.63) is 12.2 Å². The van der Waals surface area contributed by atoms with E-state index in [1.54, 1.807) is 0 Å². The van der Waals surface area contributed by atoms with Gasteiger partial charge in [0.25, 0.3) is 0 Å². The molecule has 2 fully saturated rings. The van der Waals surface area contributed by atoms with Crippen LogP contribution in [0.25, 0.3) is 0 Å². The molecule has 0 heterocycles. The molecule has 0 aromatic carbocycles. The summed E-state index contributed by atoms with van der Waals surface area (Å²) >= 11 is 0. The van der Waals surface area contributed by atoms with E-state index in [0.29, 0.717) is 17.2 Å². The zero-order valence-corrected chi connectivity index (χ0v) is 15.3. The molecular formula is C20H35NO. The maximum absolute atomic E-state index is 12.6. The summed E-state index contributed by atoms with van der Waals surface area (Å²) in [7, 11) is 0. The molecule has 0 bridgehead atoms. The number of rotatable bonds is 8. The van der Waals surface area contributed by atoms with Crippen molar-refractivity contribution in [1.82, 2.24) is 4.90 Å². The first kappa shape index (κ1) is 17.6. The van der Waals surface area contributed by atoms with Crippen LogP contribution in [0.3, 0.4) is 0 Å². The number of carbonyl (C=O) groups excluding carboxylic acids is 1. The van der Waals surface area contributed by atoms with Crippen LogP contribution in [0.5, 0.6) is 0 Å². The lowest BCUT2D eigenvalue weighted by atomic mass is 9.94. The van der Waals surface area contributed by atoms with Crippen LogP contribution < -0.4 is 0 Å². The number of hydrogen-bond acceptors (Lipinski definition) is 1. The average molecular weight is 306 g/mol. The second-order valence-electron chi connectivity index (χ2n) is 9.04. The Bertz CT molecular complexity index is 416. The van der Waals surface area contributed by atoms with Crippen molar-refractivity contribution in [3.8, 4) is 0 Å². The summed E-state index contributed by atoms with van der Waals surface area (Å²) < 4.78 is 0. The van der Waals surface area contributed by atoms with E-state index < -0.39 is 0 Å². The van der Waals surface area contributed by atoms with E-state index in [-0.39, 0.29) is 5.41 Å². The number of hydrogen-bond donors (Lipinski definition) is 0. The molecule has 0 saturated heterocycles. The van der Waals surface area contributed by atoms with Gasteiger partial charge < -0.3 is 4.90 Å². The molecular weight excluding hydrogens is 270 g/mol. The Morgan fingerprint density at radius 2 is 1.95 bits per heavy atom. The molecule has 126 valence electrons. The van der Waals surface area contributed by atoms with Gasteiger partial charge in [-0.3, -0.25) is 4.79 Å². The molecule has 0 aromatic heterocycles. The standard InChI is InChI=1S/C20H35NO/c1-6-7-8-9-10-17-13-20(17,5)15-21(14-19(2,3)4)18(22)16-11-12-16/h7-8,16-17H,6,9-15H2,1-5H3/b8-7-. The van der Waals surface area contributed by atoms with Crippen molar-refractivity contribution in [3.63, 3.8) is 0 Å². The molecule has 2 saturated carbocycles. The van der Waals surface area contributed by atoms with Crippen LogP contribution in [-0.2, 0) is 4.79 Å². The van der Waals surface area contributed by atoms with Gasteiger partial charge in [0.2, 0.25) is 5.91 Å². The van der Waals surface area contributed by atoms with E-state index in [2.05, 4.69) is 51.7 Å². The van der Waals surface area contributed by atoms with Crippen molar-refractivity contribution in [2.75, 3.05) is 13.1 Å². The van der Waals surface area contributed by atoms with Crippen LogP contribution in [0.15, 0.2) is 12.2 Å². The van der Waals surface area contributed by atoms with Gasteiger partial charge in [-0.1, -0.05) is 46.8 Å². The summed E-state index contributed by atoms with van der Waals surface area (Å²) in [4.78, 5) is 14.8. The quantitative estimate of drug-likeness (QED) is 0.575. The normalized spacial score (nSPS) is 28.1. The third-order valence-electron chi connectivity index (χ3n) is 5.08. The Morgan fingerprint density at radius 1 is 1.27 bits per heavy atom. The number of amides is 1. The Kier molecular flexibility index (Phi) is 5.40. The fourth-order valence-electron chi connectivity index (χ4n) is 3.54. The average Bonchev–Trinajstić information content (AvgIpc) is 3.29. The van der Waals surface area contributed by atoms with Crippen molar-refractivity contribution < 1.29 is 4.79 Å². The van der Waals surface area contributed by atoms with Gasteiger partial charge in [-0.2, -0.15) is 0 Å². The molecule has 2 heteroatoms. The summed E-state index contributed by atoms with van der Waals surface area (Å²) in [5.74, 6) is 1.58. The largest absolute Gasteiger partial charge is 0.341 e. The highest BCUT2D eigenvalue weighted by atomic mass is 16.2. The maximum atomic E-state index is 12.6. The fraction of sp³-hybridized carbons (Fsp3) is 0.850. The summed E-state index contributed by atoms with van der Waals surface area (Å²) in [5, 5.41) is 0. The molecule has 0 radical (unpaired) electrons. The van der Waals surface area contributed by atoms with Gasteiger partial charge in [0, 0.05) is 19.0 Å². The SMILES string of the molecule is CC/C=C\CCC1CC1(C)CN(CC(C)(C)C)C(=O)C1CC1. The van der Waals surface area contributed by atoms with Crippen LogP contribution in [-0.4, -0.2) is 23.9 Å². The van der Waals surface area contributed by atoms with Crippen molar-refractivity contribution in [1.29, 1.82) is 0 Å². The van der Waals surface area contributed by atoms with E-state index >= 15 is 0 Å². The molecule has 0 aliphatic heterocycles. The fourth-order valence-corrected chi connectivity index (χ4v) is 3.54. The lowest BCUT2D eigenvalue weighted by Crippen LogP contribution is -2.42. The van der Waals surface area contributed by atoms with Crippen LogP contribution in [0.2, 0.25) is 0 Å². The first-order valence-corrected chi connectivity index (χ1v) is 9.19. The van der Waals surface area contributed by atoms with E-state index in [1.807, 2.05) is 0 Å². The molecule has 2 atom stereocenters. The van der Waals surface area contributed by atoms with E-state index in [4.69, 9.17) is 0 Å². The van der Waals surface area contributed by atoms with Crippen molar-refractivity contribution in [2.24, 2.45) is 22.7 Å². The van der Waals surface area contributed by atoms with E-state index in [1.165, 1.54) is 19.3 Å². The number of allylic oxidation sites excluding steroid dienone is 2. The lowest BCUT2D eigenvalue weighted by molar-refractivity contribution is -0.134. The van der Waals surface area contributed by atoms with Gasteiger partial charge in [-0.25, -0.2) is 0 Å². The van der Waals surface area contributed by atoms with Crippen molar-refractivity contribution in [2.45, 2.75) is 73.1 Å². The molecule has 2 aliphatic carbocycles. The van der Waals surface area contributed by atoms with Gasteiger partial charge in [-0.15, -0.1) is 0 Å². The topological polar surface area (TPSA) is 20.3 Å². The highest BCUT2D eigenvalue weighted by molar-refractivity contribution is 5.81. The molecule has 1 amide bonds. The Labute approximate surface area is 137 Å². The van der Waals surface area contributed by atoms with Gasteiger partial charge in [0.1, 0.15) is 0 Å². The van der Waals surface area contributed by atoms with Crippen LogP contribution in [0.1, 0.15) is 73.1 Å². The Morgan fingerprint density at radius 3 is 2.50 bits per heavy atom. The predicted molar refractivity (Wildman–Crippen MR) is 93.6 cm³/mol. The predicted octanol–water partition coefficient (Wildman–Crippen LogP) is 5.04. The van der Waals surface area contributed by atoms with Gasteiger partial charge in [-0.05, 0) is 55.3 Å². The van der Waals surface area contributed by atoms with Gasteiger partial charge >= 0.3 is 0 Å². The van der Waals surface area contributed by atoms with Crippen LogP contribution >= 0.6 is 0 Å². The lowest BCUT2D eigenvalue weighted by Gasteiger charge is -2.33. The Balaban J connectivity index is 1.87. The summed E-state index contributed by atoms with van der Waals surface area (Å²) in [6, 6.07) is 0. The molecule has 0 aromatic rings. The monoisotopic (exact) mass is 305 g/mol. The second kappa shape index (κ2) is 6.76. The van der Waals surface area contributed by atoms with Gasteiger partial charge in [0.15, 0.2) is 0 Å². The number of nitrogens with zero attached hydrogens (tertiary/aromatic N) is 1. The molecule has 0 N–H and O–H groups in total. The van der Waals surface area contributed by atoms with Gasteiger partial charge in [0.05, 0.1) is 0 Å². The highest BCUT2D eigenvalue weighted by Gasteiger charge is 2.51. The number of carbonyl (C=O) groups is 1. The second-order valence-corrected chi connectivity index (χ2v) is 9.04. The zero-order valence-electron chi connectivity index (χ0n) is 15.3. The highest BCUT2D eigenvalue weighted by Crippen LogP contribution is 2.55. The third-order valence-corrected chi connectivity index (χ3v) is 5.08. The Hall–Kier alpha value is -0.790. The third kappa shape index (κ3) is 5.14. The smallest absolute Gasteiger partial charge is 0.225 e. The first-order valence-electron chi connectivity index (χ1n) is 9.19. The maximum Gasteiger partial charge on any atom is 0.225 e. The molecule has 0 spiro atoms. The van der Waals surface area contributed by atoms with E-state index in [0.717, 1.165) is 38.3 Å². The minimum atomic E-state index is 0.190. The molecule has 2 aliphatic rings. The summed E-state index contributed by atoms with van der Waals surface area (Å²) in [6.07, 6.45) is 11.7. The van der Waals surface area contributed by atoms with E-state index in [9.17, 15) is 4.79 Å². The van der Waals surface area contributed by atoms with Crippen LogP contribution in [0, 0.1) is 22.7 Å². The molecule has 2 rings (SSSR count). The van der Waals surface area contributed by atoms with Crippen molar-refractivity contribution >= 4 is 5.91 Å². The minimum absolute atomic E-state index is 0.190. The summed E-state index contributed by atoms with van der Waals surface area (Å²) in [6.45, 7) is 13.2. The first-order chi connectivity index (χ1) is 10.2. The summed E-state index contributed by atoms with van der Waals surface area (Å²) in [5.41, 5.74) is 0.561. The zero-order chi connectivity index (χ0) is 16.4.